The van der Waals surface area contributed by atoms with Crippen molar-refractivity contribution in [3.63, 3.8) is 0 Å². The molecule has 2 aromatic heterocycles. The lowest BCUT2D eigenvalue weighted by Crippen LogP contribution is -2.31. The van der Waals surface area contributed by atoms with Crippen molar-refractivity contribution in [3.8, 4) is 0 Å². The predicted octanol–water partition coefficient (Wildman–Crippen LogP) is 2.94. The fraction of sp³-hybridized carbons (Fsp3) is 0.600. The van der Waals surface area contributed by atoms with Crippen molar-refractivity contribution in [2.75, 3.05) is 37.3 Å². The molecule has 1 aliphatic carbocycles. The number of nitrogens with one attached hydrogen (secondary N) is 2. The molecule has 2 aromatic rings. The number of aromatic nitrogens is 2. The van der Waals surface area contributed by atoms with E-state index in [2.05, 4.69) is 45.4 Å². The van der Waals surface area contributed by atoms with E-state index in [9.17, 15) is 0 Å². The van der Waals surface area contributed by atoms with Gasteiger partial charge in [-0.15, -0.1) is 11.3 Å². The highest BCUT2D eigenvalue weighted by molar-refractivity contribution is 7.18. The highest BCUT2D eigenvalue weighted by atomic mass is 32.1. The maximum Gasteiger partial charge on any atom is 0.225 e. The fourth-order valence-corrected chi connectivity index (χ4v) is 3.52. The fourth-order valence-electron chi connectivity index (χ4n) is 2.64. The summed E-state index contributed by atoms with van der Waals surface area (Å²) in [4.78, 5) is 13.9. The molecule has 5 nitrogen and oxygen atoms in total. The Balaban J connectivity index is 1.72. The van der Waals surface area contributed by atoms with E-state index >= 15 is 0 Å². The lowest BCUT2D eigenvalue weighted by molar-refractivity contribution is 0.289. The van der Waals surface area contributed by atoms with Crippen molar-refractivity contribution in [1.82, 2.24) is 14.9 Å². The molecule has 0 amide bonds. The summed E-state index contributed by atoms with van der Waals surface area (Å²) in [5, 5.41) is 7.67. The first kappa shape index (κ1) is 14.5. The second-order valence-corrected chi connectivity index (χ2v) is 6.74. The first-order valence-corrected chi connectivity index (χ1v) is 8.46. The molecule has 6 heteroatoms. The third-order valence-corrected chi connectivity index (χ3v) is 4.84. The maximum atomic E-state index is 4.57. The molecule has 0 radical (unpaired) electrons. The number of likely N-dealkylation sites (N-methyl/N-ethyl adjacent to an activating group) is 1. The van der Waals surface area contributed by atoms with Crippen LogP contribution in [0.3, 0.4) is 0 Å². The normalized spacial score (nSPS) is 14.9. The van der Waals surface area contributed by atoms with Crippen molar-refractivity contribution in [1.29, 1.82) is 0 Å². The quantitative estimate of drug-likeness (QED) is 0.824. The number of fused-ring (bicyclic) bond motifs is 1. The SMILES string of the molecule is CCN(CCNc1nc(NC)nc2sc(C)cc12)C1CC1. The van der Waals surface area contributed by atoms with Gasteiger partial charge in [0.1, 0.15) is 10.6 Å². The number of nitrogens with zero attached hydrogens (tertiary/aromatic N) is 3. The Bertz CT molecular complexity index is 620. The first-order valence-electron chi connectivity index (χ1n) is 7.65. The van der Waals surface area contributed by atoms with Gasteiger partial charge in [-0.1, -0.05) is 6.92 Å². The predicted molar refractivity (Wildman–Crippen MR) is 90.5 cm³/mol. The summed E-state index contributed by atoms with van der Waals surface area (Å²) in [5.41, 5.74) is 0. The molecule has 3 rings (SSSR count). The van der Waals surface area contributed by atoms with Gasteiger partial charge in [0.15, 0.2) is 0 Å². The van der Waals surface area contributed by atoms with Crippen molar-refractivity contribution in [2.45, 2.75) is 32.7 Å². The summed E-state index contributed by atoms with van der Waals surface area (Å²) in [6, 6.07) is 2.98. The van der Waals surface area contributed by atoms with Crippen molar-refractivity contribution in [2.24, 2.45) is 0 Å². The minimum absolute atomic E-state index is 0.682. The molecule has 21 heavy (non-hydrogen) atoms. The van der Waals surface area contributed by atoms with E-state index in [-0.39, 0.29) is 0 Å². The zero-order valence-corrected chi connectivity index (χ0v) is 13.8. The largest absolute Gasteiger partial charge is 0.368 e. The molecule has 2 N–H and O–H groups in total. The minimum Gasteiger partial charge on any atom is -0.368 e. The lowest BCUT2D eigenvalue weighted by atomic mass is 10.3. The van der Waals surface area contributed by atoms with Crippen molar-refractivity contribution in [3.05, 3.63) is 10.9 Å². The lowest BCUT2D eigenvalue weighted by Gasteiger charge is -2.20. The molecule has 114 valence electrons. The second-order valence-electron chi connectivity index (χ2n) is 5.51. The summed E-state index contributed by atoms with van der Waals surface area (Å²) >= 11 is 1.71. The Morgan fingerprint density at radius 2 is 2.19 bits per heavy atom. The number of aryl methyl sites for hydroxylation is 1. The molecule has 0 bridgehead atoms. The second kappa shape index (κ2) is 6.15. The Hall–Kier alpha value is -1.40. The molecule has 0 aliphatic heterocycles. The Morgan fingerprint density at radius 3 is 2.86 bits per heavy atom. The molecule has 0 spiro atoms. The molecule has 1 fully saturated rings. The molecular formula is C15H23N5S. The van der Waals surface area contributed by atoms with Crippen LogP contribution in [0.15, 0.2) is 6.07 Å². The smallest absolute Gasteiger partial charge is 0.225 e. The van der Waals surface area contributed by atoms with Crippen LogP contribution in [0.4, 0.5) is 11.8 Å². The number of hydrogen-bond acceptors (Lipinski definition) is 6. The Morgan fingerprint density at radius 1 is 1.38 bits per heavy atom. The van der Waals surface area contributed by atoms with E-state index in [0.717, 1.165) is 41.7 Å². The average molecular weight is 305 g/mol. The van der Waals surface area contributed by atoms with Gasteiger partial charge in [-0.2, -0.15) is 4.98 Å². The summed E-state index contributed by atoms with van der Waals surface area (Å²) < 4.78 is 0. The number of thiophene rings is 1. The molecule has 0 saturated heterocycles. The molecule has 0 aromatic carbocycles. The maximum absolute atomic E-state index is 4.57. The van der Waals surface area contributed by atoms with E-state index in [1.807, 2.05) is 7.05 Å². The van der Waals surface area contributed by atoms with Crippen molar-refractivity contribution < 1.29 is 0 Å². The molecule has 2 heterocycles. The van der Waals surface area contributed by atoms with Crippen LogP contribution in [0.25, 0.3) is 10.2 Å². The number of anilines is 2. The van der Waals surface area contributed by atoms with Crippen LogP contribution in [0.5, 0.6) is 0 Å². The van der Waals surface area contributed by atoms with Gasteiger partial charge in [-0.05, 0) is 32.4 Å². The van der Waals surface area contributed by atoms with Gasteiger partial charge < -0.3 is 10.6 Å². The number of hydrogen-bond donors (Lipinski definition) is 2. The standard InChI is InChI=1S/C15H23N5S/c1-4-20(11-5-6-11)8-7-17-13-12-9-10(2)21-14(12)19-15(16-3)18-13/h9,11H,4-8H2,1-3H3,(H2,16,17,18,19). The van der Waals surface area contributed by atoms with E-state index in [1.54, 1.807) is 11.3 Å². The van der Waals surface area contributed by atoms with E-state index in [1.165, 1.54) is 17.7 Å². The molecular weight excluding hydrogens is 282 g/mol. The highest BCUT2D eigenvalue weighted by Gasteiger charge is 2.27. The van der Waals surface area contributed by atoms with Gasteiger partial charge in [0.05, 0.1) is 5.39 Å². The van der Waals surface area contributed by atoms with Crippen LogP contribution in [0.2, 0.25) is 0 Å². The molecule has 1 saturated carbocycles. The molecule has 0 atom stereocenters. The van der Waals surface area contributed by atoms with E-state index in [0.29, 0.717) is 5.95 Å². The van der Waals surface area contributed by atoms with Crippen LogP contribution in [0, 0.1) is 6.92 Å². The topological polar surface area (TPSA) is 53.1 Å². The first-order chi connectivity index (χ1) is 10.2. The summed E-state index contributed by atoms with van der Waals surface area (Å²) in [6.07, 6.45) is 2.72. The van der Waals surface area contributed by atoms with Crippen LogP contribution < -0.4 is 10.6 Å². The van der Waals surface area contributed by atoms with E-state index < -0.39 is 0 Å². The zero-order chi connectivity index (χ0) is 14.8. The average Bonchev–Trinajstić information content (AvgIpc) is 3.24. The van der Waals surface area contributed by atoms with E-state index in [4.69, 9.17) is 0 Å². The number of rotatable bonds is 7. The summed E-state index contributed by atoms with van der Waals surface area (Å²) in [7, 11) is 1.86. The van der Waals surface area contributed by atoms with Crippen LogP contribution >= 0.6 is 11.3 Å². The van der Waals surface area contributed by atoms with Gasteiger partial charge >= 0.3 is 0 Å². The summed E-state index contributed by atoms with van der Waals surface area (Å²) in [6.45, 7) is 7.48. The third kappa shape index (κ3) is 3.27. The van der Waals surface area contributed by atoms with Gasteiger partial charge in [0.25, 0.3) is 0 Å². The monoisotopic (exact) mass is 305 g/mol. The van der Waals surface area contributed by atoms with Gasteiger partial charge in [-0.3, -0.25) is 4.90 Å². The minimum atomic E-state index is 0.682. The van der Waals surface area contributed by atoms with Crippen LogP contribution in [-0.2, 0) is 0 Å². The van der Waals surface area contributed by atoms with Gasteiger partial charge in [-0.25, -0.2) is 4.98 Å². The van der Waals surface area contributed by atoms with Gasteiger partial charge in [0, 0.05) is 31.1 Å². The van der Waals surface area contributed by atoms with Crippen LogP contribution in [-0.4, -0.2) is 47.6 Å². The summed E-state index contributed by atoms with van der Waals surface area (Å²) in [5.74, 6) is 1.63. The van der Waals surface area contributed by atoms with Crippen LogP contribution in [0.1, 0.15) is 24.6 Å². The zero-order valence-electron chi connectivity index (χ0n) is 12.9. The highest BCUT2D eigenvalue weighted by Crippen LogP contribution is 2.30. The van der Waals surface area contributed by atoms with Gasteiger partial charge in [0.2, 0.25) is 5.95 Å². The molecule has 1 aliphatic rings. The third-order valence-electron chi connectivity index (χ3n) is 3.90. The van der Waals surface area contributed by atoms with Crippen molar-refractivity contribution >= 4 is 33.3 Å². The molecule has 0 unspecified atom stereocenters. The Kier molecular flexibility index (Phi) is 4.26. The Labute approximate surface area is 129 Å².